The molecular weight excluding hydrogens is 200 g/mol. The highest BCUT2D eigenvalue weighted by molar-refractivity contribution is 5.36. The molecule has 0 spiro atoms. The van der Waals surface area contributed by atoms with Gasteiger partial charge in [0, 0.05) is 7.05 Å². The van der Waals surface area contributed by atoms with Crippen molar-refractivity contribution in [1.29, 1.82) is 0 Å². The van der Waals surface area contributed by atoms with Gasteiger partial charge >= 0.3 is 0 Å². The van der Waals surface area contributed by atoms with E-state index in [9.17, 15) is 0 Å². The van der Waals surface area contributed by atoms with Crippen LogP contribution in [0.15, 0.2) is 24.4 Å². The van der Waals surface area contributed by atoms with Crippen molar-refractivity contribution in [2.24, 2.45) is 12.8 Å². The highest BCUT2D eigenvalue weighted by Crippen LogP contribution is 2.22. The summed E-state index contributed by atoms with van der Waals surface area (Å²) in [7, 11) is 1.85. The van der Waals surface area contributed by atoms with Gasteiger partial charge in [0.05, 0.1) is 17.9 Å². The third-order valence-corrected chi connectivity index (χ3v) is 2.84. The number of hydrogen-bond donors (Lipinski definition) is 1. The van der Waals surface area contributed by atoms with Crippen LogP contribution in [-0.2, 0) is 7.05 Å². The molecule has 0 amide bonds. The van der Waals surface area contributed by atoms with Crippen molar-refractivity contribution >= 4 is 0 Å². The van der Waals surface area contributed by atoms with E-state index >= 15 is 0 Å². The second-order valence-corrected chi connectivity index (χ2v) is 4.12. The first-order valence-electron chi connectivity index (χ1n) is 5.27. The first-order chi connectivity index (χ1) is 7.59. The zero-order valence-corrected chi connectivity index (χ0v) is 9.81. The molecule has 1 unspecified atom stereocenters. The largest absolute Gasteiger partial charge is 0.319 e. The standard InChI is InChI=1S/C12H16N4/c1-8-4-5-9(2)10(6-8)12(13)11-7-14-15-16(11)3/h4-7,12H,13H2,1-3H3. The third kappa shape index (κ3) is 1.84. The summed E-state index contributed by atoms with van der Waals surface area (Å²) in [6.07, 6.45) is 1.71. The minimum absolute atomic E-state index is 0.167. The van der Waals surface area contributed by atoms with Crippen LogP contribution < -0.4 is 5.73 Å². The number of nitrogens with zero attached hydrogens (tertiary/aromatic N) is 3. The van der Waals surface area contributed by atoms with E-state index in [1.165, 1.54) is 11.1 Å². The van der Waals surface area contributed by atoms with Gasteiger partial charge in [0.1, 0.15) is 0 Å². The van der Waals surface area contributed by atoms with Crippen molar-refractivity contribution in [3.63, 3.8) is 0 Å². The van der Waals surface area contributed by atoms with E-state index in [1.54, 1.807) is 10.9 Å². The molecule has 2 aromatic rings. The van der Waals surface area contributed by atoms with Gasteiger partial charge in [0.15, 0.2) is 0 Å². The molecule has 1 heterocycles. The van der Waals surface area contributed by atoms with E-state index in [1.807, 2.05) is 7.05 Å². The molecule has 0 bridgehead atoms. The third-order valence-electron chi connectivity index (χ3n) is 2.84. The normalized spacial score (nSPS) is 12.8. The number of aryl methyl sites for hydroxylation is 3. The first-order valence-corrected chi connectivity index (χ1v) is 5.27. The second kappa shape index (κ2) is 4.06. The van der Waals surface area contributed by atoms with E-state index in [2.05, 4.69) is 42.4 Å². The molecule has 0 saturated carbocycles. The number of benzene rings is 1. The van der Waals surface area contributed by atoms with Gasteiger partial charge in [-0.05, 0) is 25.0 Å². The van der Waals surface area contributed by atoms with Gasteiger partial charge in [-0.1, -0.05) is 29.0 Å². The van der Waals surface area contributed by atoms with Crippen LogP contribution in [0.5, 0.6) is 0 Å². The SMILES string of the molecule is Cc1ccc(C)c(C(N)c2cnnn2C)c1. The Labute approximate surface area is 95.1 Å². The smallest absolute Gasteiger partial charge is 0.0796 e. The Morgan fingerprint density at radius 2 is 2.06 bits per heavy atom. The van der Waals surface area contributed by atoms with Gasteiger partial charge in [-0.3, -0.25) is 4.68 Å². The summed E-state index contributed by atoms with van der Waals surface area (Å²) < 4.78 is 1.71. The molecule has 0 fully saturated rings. The summed E-state index contributed by atoms with van der Waals surface area (Å²) in [5, 5.41) is 7.76. The monoisotopic (exact) mass is 216 g/mol. The second-order valence-electron chi connectivity index (χ2n) is 4.12. The van der Waals surface area contributed by atoms with Gasteiger partial charge < -0.3 is 5.73 Å². The van der Waals surface area contributed by atoms with Crippen LogP contribution in [0.25, 0.3) is 0 Å². The number of hydrogen-bond acceptors (Lipinski definition) is 3. The molecule has 1 aromatic heterocycles. The Balaban J connectivity index is 2.45. The fourth-order valence-corrected chi connectivity index (χ4v) is 1.83. The van der Waals surface area contributed by atoms with Gasteiger partial charge in [-0.25, -0.2) is 0 Å². The zero-order valence-electron chi connectivity index (χ0n) is 9.81. The van der Waals surface area contributed by atoms with Gasteiger partial charge in [0.25, 0.3) is 0 Å². The average molecular weight is 216 g/mol. The lowest BCUT2D eigenvalue weighted by Crippen LogP contribution is -2.17. The molecule has 1 aromatic carbocycles. The molecule has 2 rings (SSSR count). The maximum absolute atomic E-state index is 6.23. The quantitative estimate of drug-likeness (QED) is 0.827. The van der Waals surface area contributed by atoms with Crippen molar-refractivity contribution < 1.29 is 0 Å². The Morgan fingerprint density at radius 1 is 1.31 bits per heavy atom. The van der Waals surface area contributed by atoms with Crippen molar-refractivity contribution in [3.8, 4) is 0 Å². The van der Waals surface area contributed by atoms with E-state index in [0.717, 1.165) is 11.3 Å². The van der Waals surface area contributed by atoms with Gasteiger partial charge in [0.2, 0.25) is 0 Å². The molecule has 4 nitrogen and oxygen atoms in total. The summed E-state index contributed by atoms with van der Waals surface area (Å²) in [6, 6.07) is 6.13. The van der Waals surface area contributed by atoms with Gasteiger partial charge in [-0.2, -0.15) is 0 Å². The predicted octanol–water partition coefficient (Wildman–Crippen LogP) is 1.48. The van der Waals surface area contributed by atoms with Crippen molar-refractivity contribution in [2.75, 3.05) is 0 Å². The Bertz CT molecular complexity index is 501. The Kier molecular flexibility index (Phi) is 2.75. The molecule has 16 heavy (non-hydrogen) atoms. The fourth-order valence-electron chi connectivity index (χ4n) is 1.83. The minimum atomic E-state index is -0.167. The lowest BCUT2D eigenvalue weighted by atomic mass is 9.98. The lowest BCUT2D eigenvalue weighted by Gasteiger charge is -2.15. The van der Waals surface area contributed by atoms with E-state index in [-0.39, 0.29) is 6.04 Å². The zero-order chi connectivity index (χ0) is 11.7. The number of rotatable bonds is 2. The highest BCUT2D eigenvalue weighted by atomic mass is 15.4. The van der Waals surface area contributed by atoms with Crippen molar-refractivity contribution in [1.82, 2.24) is 15.0 Å². The van der Waals surface area contributed by atoms with Crippen molar-refractivity contribution in [2.45, 2.75) is 19.9 Å². The molecule has 0 radical (unpaired) electrons. The summed E-state index contributed by atoms with van der Waals surface area (Å²) in [6.45, 7) is 4.13. The van der Waals surface area contributed by atoms with Crippen LogP contribution in [-0.4, -0.2) is 15.0 Å². The molecule has 4 heteroatoms. The maximum Gasteiger partial charge on any atom is 0.0796 e. The first kappa shape index (κ1) is 10.8. The molecule has 84 valence electrons. The molecular formula is C12H16N4. The summed E-state index contributed by atoms with van der Waals surface area (Å²) in [5.41, 5.74) is 10.7. The molecule has 1 atom stereocenters. The maximum atomic E-state index is 6.23. The number of aromatic nitrogens is 3. The topological polar surface area (TPSA) is 56.7 Å². The summed E-state index contributed by atoms with van der Waals surface area (Å²) in [4.78, 5) is 0. The fraction of sp³-hybridized carbons (Fsp3) is 0.333. The van der Waals surface area contributed by atoms with Crippen LogP contribution in [0.1, 0.15) is 28.4 Å². The summed E-state index contributed by atoms with van der Waals surface area (Å²) >= 11 is 0. The van der Waals surface area contributed by atoms with Gasteiger partial charge in [-0.15, -0.1) is 5.10 Å². The highest BCUT2D eigenvalue weighted by Gasteiger charge is 2.15. The molecule has 0 saturated heterocycles. The van der Waals surface area contributed by atoms with Crippen molar-refractivity contribution in [3.05, 3.63) is 46.8 Å². The van der Waals surface area contributed by atoms with E-state index in [4.69, 9.17) is 5.73 Å². The average Bonchev–Trinajstić information content (AvgIpc) is 2.67. The predicted molar refractivity (Wildman–Crippen MR) is 62.9 cm³/mol. The molecule has 2 N–H and O–H groups in total. The Hall–Kier alpha value is -1.68. The van der Waals surface area contributed by atoms with Crippen LogP contribution in [0.2, 0.25) is 0 Å². The molecule has 0 aliphatic carbocycles. The Morgan fingerprint density at radius 3 is 2.69 bits per heavy atom. The van der Waals surface area contributed by atoms with E-state index < -0.39 is 0 Å². The van der Waals surface area contributed by atoms with Crippen LogP contribution in [0.3, 0.4) is 0 Å². The summed E-state index contributed by atoms with van der Waals surface area (Å²) in [5.74, 6) is 0. The minimum Gasteiger partial charge on any atom is -0.319 e. The lowest BCUT2D eigenvalue weighted by molar-refractivity contribution is 0.649. The molecule has 0 aliphatic heterocycles. The van der Waals surface area contributed by atoms with Crippen LogP contribution >= 0.6 is 0 Å². The van der Waals surface area contributed by atoms with E-state index in [0.29, 0.717) is 0 Å². The number of nitrogens with two attached hydrogens (primary N) is 1. The molecule has 0 aliphatic rings. The van der Waals surface area contributed by atoms with Crippen LogP contribution in [0.4, 0.5) is 0 Å². The van der Waals surface area contributed by atoms with Crippen LogP contribution in [0, 0.1) is 13.8 Å².